The second kappa shape index (κ2) is 7.29. The summed E-state index contributed by atoms with van der Waals surface area (Å²) in [6.07, 6.45) is 2.65. The Bertz CT molecular complexity index is 354. The molecule has 17 heavy (non-hydrogen) atoms. The summed E-state index contributed by atoms with van der Waals surface area (Å²) in [7, 11) is 0. The van der Waals surface area contributed by atoms with Crippen molar-refractivity contribution in [1.29, 1.82) is 0 Å². The smallest absolute Gasteiger partial charge is 0.139 e. The molecule has 0 saturated carbocycles. The first kappa shape index (κ1) is 14.0. The highest BCUT2D eigenvalue weighted by Gasteiger charge is 2.00. The number of hydrogen-bond acceptors (Lipinski definition) is 4. The summed E-state index contributed by atoms with van der Waals surface area (Å²) in [6.45, 7) is 6.20. The van der Waals surface area contributed by atoms with Gasteiger partial charge in [-0.3, -0.25) is 0 Å². The summed E-state index contributed by atoms with van der Waals surface area (Å²) in [4.78, 5) is 2.78. The van der Waals surface area contributed by atoms with Crippen LogP contribution in [0, 0.1) is 13.8 Å². The molecule has 0 aliphatic heterocycles. The molecule has 1 aromatic rings. The molecule has 5 heteroatoms. The molecule has 0 radical (unpaired) electrons. The highest BCUT2D eigenvalue weighted by atomic mass is 32.1. The maximum absolute atomic E-state index is 8.36. The zero-order valence-corrected chi connectivity index (χ0v) is 11.3. The van der Waals surface area contributed by atoms with Crippen molar-refractivity contribution in [3.8, 4) is 0 Å². The van der Waals surface area contributed by atoms with E-state index in [1.165, 1.54) is 15.3 Å². The lowest BCUT2D eigenvalue weighted by Crippen LogP contribution is -2.15. The van der Waals surface area contributed by atoms with Gasteiger partial charge in [-0.1, -0.05) is 5.16 Å². The predicted molar refractivity (Wildman–Crippen MR) is 72.8 cm³/mol. The lowest BCUT2D eigenvalue weighted by atomic mass is 10.2. The molecule has 0 aliphatic carbocycles. The van der Waals surface area contributed by atoms with Gasteiger partial charge in [0.2, 0.25) is 0 Å². The van der Waals surface area contributed by atoms with E-state index in [2.05, 4.69) is 30.4 Å². The molecule has 1 heterocycles. The van der Waals surface area contributed by atoms with E-state index in [1.807, 2.05) is 11.3 Å². The molecule has 4 N–H and O–H groups in total. The lowest BCUT2D eigenvalue weighted by Gasteiger charge is -2.02. The number of rotatable bonds is 7. The molecule has 0 bridgehead atoms. The zero-order valence-electron chi connectivity index (χ0n) is 10.5. The fraction of sp³-hybridized carbons (Fsp3) is 0.583. The van der Waals surface area contributed by atoms with Crippen LogP contribution >= 0.6 is 11.3 Å². The van der Waals surface area contributed by atoms with E-state index >= 15 is 0 Å². The zero-order chi connectivity index (χ0) is 12.7. The van der Waals surface area contributed by atoms with Crippen LogP contribution in [0.3, 0.4) is 0 Å². The summed E-state index contributed by atoms with van der Waals surface area (Å²) in [5.41, 5.74) is 6.75. The van der Waals surface area contributed by atoms with Gasteiger partial charge in [-0.05, 0) is 44.9 Å². The van der Waals surface area contributed by atoms with Crippen molar-refractivity contribution in [2.24, 2.45) is 10.9 Å². The van der Waals surface area contributed by atoms with Crippen LogP contribution in [0.15, 0.2) is 11.2 Å². The standard InChI is InChI=1S/C12H21N3OS/c1-9-7-11(17-10(9)2)8-14-6-4-3-5-12(13)15-16/h7,14,16H,3-6,8H2,1-2H3,(H2,13,15). The predicted octanol–water partition coefficient (Wildman–Crippen LogP) is 2.37. The highest BCUT2D eigenvalue weighted by molar-refractivity contribution is 7.12. The van der Waals surface area contributed by atoms with Crippen molar-refractivity contribution in [1.82, 2.24) is 5.32 Å². The van der Waals surface area contributed by atoms with Crippen LogP contribution < -0.4 is 11.1 Å². The lowest BCUT2D eigenvalue weighted by molar-refractivity contribution is 0.316. The van der Waals surface area contributed by atoms with Crippen molar-refractivity contribution in [3.63, 3.8) is 0 Å². The first-order chi connectivity index (χ1) is 8.13. The van der Waals surface area contributed by atoms with Gasteiger partial charge in [0.1, 0.15) is 5.84 Å². The molecule has 96 valence electrons. The number of oxime groups is 1. The number of hydrogen-bond donors (Lipinski definition) is 3. The van der Waals surface area contributed by atoms with E-state index in [9.17, 15) is 0 Å². The molecule has 0 fully saturated rings. The van der Waals surface area contributed by atoms with E-state index in [4.69, 9.17) is 10.9 Å². The Hall–Kier alpha value is -1.07. The van der Waals surface area contributed by atoms with Crippen molar-refractivity contribution >= 4 is 17.2 Å². The van der Waals surface area contributed by atoms with E-state index in [0.29, 0.717) is 12.3 Å². The molecule has 0 unspecified atom stereocenters. The largest absolute Gasteiger partial charge is 0.409 e. The summed E-state index contributed by atoms with van der Waals surface area (Å²) in [5.74, 6) is 0.314. The third-order valence-corrected chi connectivity index (χ3v) is 3.83. The fourth-order valence-corrected chi connectivity index (χ4v) is 2.58. The number of nitrogens with zero attached hydrogens (tertiary/aromatic N) is 1. The first-order valence-corrected chi connectivity index (χ1v) is 6.68. The average Bonchev–Trinajstić information content (AvgIpc) is 2.62. The van der Waals surface area contributed by atoms with Gasteiger partial charge >= 0.3 is 0 Å². The van der Waals surface area contributed by atoms with Crippen LogP contribution in [0.5, 0.6) is 0 Å². The molecule has 0 aliphatic rings. The van der Waals surface area contributed by atoms with Crippen LogP contribution in [-0.4, -0.2) is 17.6 Å². The summed E-state index contributed by atoms with van der Waals surface area (Å²) < 4.78 is 0. The molecule has 0 atom stereocenters. The second-order valence-corrected chi connectivity index (χ2v) is 5.52. The quantitative estimate of drug-likeness (QED) is 0.230. The minimum absolute atomic E-state index is 0.314. The molecule has 0 aromatic carbocycles. The Balaban J connectivity index is 2.08. The van der Waals surface area contributed by atoms with E-state index in [1.54, 1.807) is 0 Å². The number of nitrogens with one attached hydrogen (secondary N) is 1. The van der Waals surface area contributed by atoms with Crippen LogP contribution in [0.25, 0.3) is 0 Å². The van der Waals surface area contributed by atoms with Crippen molar-refractivity contribution in [2.45, 2.75) is 39.7 Å². The maximum Gasteiger partial charge on any atom is 0.139 e. The number of aryl methyl sites for hydroxylation is 2. The van der Waals surface area contributed by atoms with Gasteiger partial charge in [0.15, 0.2) is 0 Å². The van der Waals surface area contributed by atoms with Gasteiger partial charge in [-0.25, -0.2) is 0 Å². The molecular formula is C12H21N3OS. The first-order valence-electron chi connectivity index (χ1n) is 5.86. The third kappa shape index (κ3) is 5.19. The fourth-order valence-electron chi connectivity index (χ4n) is 1.55. The third-order valence-electron chi connectivity index (χ3n) is 2.68. The van der Waals surface area contributed by atoms with Crippen LogP contribution in [0.1, 0.15) is 34.6 Å². The molecule has 0 amide bonds. The van der Waals surface area contributed by atoms with Crippen molar-refractivity contribution < 1.29 is 5.21 Å². The van der Waals surface area contributed by atoms with Crippen LogP contribution in [-0.2, 0) is 6.54 Å². The molecule has 0 spiro atoms. The van der Waals surface area contributed by atoms with Crippen LogP contribution in [0.4, 0.5) is 0 Å². The van der Waals surface area contributed by atoms with Gasteiger partial charge in [-0.15, -0.1) is 11.3 Å². The number of thiophene rings is 1. The Labute approximate surface area is 107 Å². The van der Waals surface area contributed by atoms with Gasteiger partial charge in [-0.2, -0.15) is 0 Å². The Kier molecular flexibility index (Phi) is 6.00. The van der Waals surface area contributed by atoms with Crippen LogP contribution in [0.2, 0.25) is 0 Å². The molecule has 4 nitrogen and oxygen atoms in total. The number of nitrogens with two attached hydrogens (primary N) is 1. The number of amidine groups is 1. The normalized spacial score (nSPS) is 12.0. The second-order valence-electron chi connectivity index (χ2n) is 4.18. The molecular weight excluding hydrogens is 234 g/mol. The van der Waals surface area contributed by atoms with Gasteiger partial charge in [0, 0.05) is 22.7 Å². The van der Waals surface area contributed by atoms with Crippen molar-refractivity contribution in [3.05, 3.63) is 21.4 Å². The van der Waals surface area contributed by atoms with Gasteiger partial charge in [0.25, 0.3) is 0 Å². The molecule has 1 rings (SSSR count). The number of unbranched alkanes of at least 4 members (excludes halogenated alkanes) is 1. The minimum Gasteiger partial charge on any atom is -0.409 e. The average molecular weight is 255 g/mol. The van der Waals surface area contributed by atoms with E-state index in [-0.39, 0.29) is 0 Å². The topological polar surface area (TPSA) is 70.6 Å². The van der Waals surface area contributed by atoms with E-state index < -0.39 is 0 Å². The van der Waals surface area contributed by atoms with Gasteiger partial charge in [0.05, 0.1) is 0 Å². The Morgan fingerprint density at radius 1 is 1.47 bits per heavy atom. The Morgan fingerprint density at radius 3 is 2.82 bits per heavy atom. The Morgan fingerprint density at radius 2 is 2.24 bits per heavy atom. The van der Waals surface area contributed by atoms with Gasteiger partial charge < -0.3 is 16.3 Å². The van der Waals surface area contributed by atoms with E-state index in [0.717, 1.165) is 25.9 Å². The summed E-state index contributed by atoms with van der Waals surface area (Å²) in [5, 5.41) is 14.7. The van der Waals surface area contributed by atoms with Crippen molar-refractivity contribution in [2.75, 3.05) is 6.54 Å². The molecule has 1 aromatic heterocycles. The maximum atomic E-state index is 8.36. The summed E-state index contributed by atoms with van der Waals surface area (Å²) in [6, 6.07) is 2.24. The highest BCUT2D eigenvalue weighted by Crippen LogP contribution is 2.20. The SMILES string of the molecule is Cc1cc(CNCCCCC(N)=NO)sc1C. The molecule has 0 saturated heterocycles. The summed E-state index contributed by atoms with van der Waals surface area (Å²) >= 11 is 1.85. The monoisotopic (exact) mass is 255 g/mol. The minimum atomic E-state index is 0.314.